The van der Waals surface area contributed by atoms with E-state index in [2.05, 4.69) is 39.1 Å². The Balaban J connectivity index is 2.19. The number of allylic oxidation sites excluding steroid dienone is 1. The van der Waals surface area contributed by atoms with Gasteiger partial charge in [-0.25, -0.2) is 0 Å². The Labute approximate surface area is 76.2 Å². The largest absolute Gasteiger partial charge is 0.310 e. The summed E-state index contributed by atoms with van der Waals surface area (Å²) in [5.41, 5.74) is 2.01. The van der Waals surface area contributed by atoms with Gasteiger partial charge < -0.3 is 5.32 Å². The van der Waals surface area contributed by atoms with Gasteiger partial charge in [0.2, 0.25) is 0 Å². The van der Waals surface area contributed by atoms with Crippen LogP contribution in [0.1, 0.15) is 40.5 Å². The van der Waals surface area contributed by atoms with Crippen molar-refractivity contribution in [1.82, 2.24) is 5.32 Å². The highest BCUT2D eigenvalue weighted by Crippen LogP contribution is 2.47. The quantitative estimate of drug-likeness (QED) is 0.635. The van der Waals surface area contributed by atoms with Crippen molar-refractivity contribution in [3.63, 3.8) is 0 Å². The lowest BCUT2D eigenvalue weighted by Gasteiger charge is -2.19. The van der Waals surface area contributed by atoms with E-state index < -0.39 is 0 Å². The molecule has 0 radical (unpaired) electrons. The molecule has 1 fully saturated rings. The summed E-state index contributed by atoms with van der Waals surface area (Å²) in [6.45, 7) is 9.98. The average Bonchev–Trinajstić information content (AvgIpc) is 2.68. The van der Waals surface area contributed by atoms with Crippen LogP contribution in [-0.4, -0.2) is 12.6 Å². The summed E-state index contributed by atoms with van der Waals surface area (Å²) in [6, 6.07) is 0.674. The van der Waals surface area contributed by atoms with E-state index in [1.807, 2.05) is 0 Å². The molecule has 0 amide bonds. The van der Waals surface area contributed by atoms with Crippen molar-refractivity contribution in [2.24, 2.45) is 5.41 Å². The predicted molar refractivity (Wildman–Crippen MR) is 54.2 cm³/mol. The monoisotopic (exact) mass is 167 g/mol. The van der Waals surface area contributed by atoms with E-state index >= 15 is 0 Å². The molecule has 0 spiro atoms. The van der Waals surface area contributed by atoms with E-state index in [9.17, 15) is 0 Å². The number of rotatable bonds is 4. The average molecular weight is 167 g/mol. The van der Waals surface area contributed by atoms with Gasteiger partial charge in [-0.1, -0.05) is 18.6 Å². The molecular formula is C11H21N. The Morgan fingerprint density at radius 1 is 1.50 bits per heavy atom. The van der Waals surface area contributed by atoms with Crippen LogP contribution in [0.15, 0.2) is 11.6 Å². The molecule has 0 aromatic carbocycles. The Morgan fingerprint density at radius 3 is 2.50 bits per heavy atom. The molecule has 1 heteroatoms. The first kappa shape index (κ1) is 9.79. The van der Waals surface area contributed by atoms with Crippen LogP contribution in [-0.2, 0) is 0 Å². The van der Waals surface area contributed by atoms with Crippen LogP contribution in [0, 0.1) is 5.41 Å². The summed E-state index contributed by atoms with van der Waals surface area (Å²) in [5.74, 6) is 0. The third-order valence-electron chi connectivity index (χ3n) is 3.02. The predicted octanol–water partition coefficient (Wildman–Crippen LogP) is 2.73. The maximum atomic E-state index is 3.54. The number of hydrogen-bond donors (Lipinski definition) is 1. The second-order valence-electron chi connectivity index (χ2n) is 4.57. The van der Waals surface area contributed by atoms with Gasteiger partial charge in [-0.05, 0) is 39.0 Å². The normalized spacial score (nSPS) is 21.7. The Kier molecular flexibility index (Phi) is 2.94. The van der Waals surface area contributed by atoms with Crippen molar-refractivity contribution in [2.45, 2.75) is 46.6 Å². The summed E-state index contributed by atoms with van der Waals surface area (Å²) in [4.78, 5) is 0. The first-order chi connectivity index (χ1) is 5.54. The number of nitrogens with one attached hydrogen (secondary N) is 1. The van der Waals surface area contributed by atoms with Gasteiger partial charge in [0.05, 0.1) is 0 Å². The van der Waals surface area contributed by atoms with E-state index in [0.717, 1.165) is 6.54 Å². The highest BCUT2D eigenvalue weighted by molar-refractivity contribution is 4.99. The topological polar surface area (TPSA) is 12.0 Å². The molecule has 0 saturated heterocycles. The van der Waals surface area contributed by atoms with Crippen molar-refractivity contribution in [2.75, 3.05) is 6.54 Å². The van der Waals surface area contributed by atoms with Gasteiger partial charge in [0.15, 0.2) is 0 Å². The Morgan fingerprint density at radius 2 is 2.08 bits per heavy atom. The van der Waals surface area contributed by atoms with Crippen LogP contribution >= 0.6 is 0 Å². The van der Waals surface area contributed by atoms with Crippen molar-refractivity contribution < 1.29 is 0 Å². The molecule has 0 aromatic heterocycles. The van der Waals surface area contributed by atoms with E-state index in [1.54, 1.807) is 0 Å². The van der Waals surface area contributed by atoms with E-state index in [-0.39, 0.29) is 0 Å². The van der Waals surface area contributed by atoms with Crippen molar-refractivity contribution in [3.8, 4) is 0 Å². The molecule has 0 aliphatic heterocycles. The fraction of sp³-hybridized carbons (Fsp3) is 0.818. The third kappa shape index (κ3) is 2.63. The first-order valence-electron chi connectivity index (χ1n) is 4.91. The smallest absolute Gasteiger partial charge is 0.0140 e. The van der Waals surface area contributed by atoms with Crippen LogP contribution in [0.2, 0.25) is 0 Å². The molecule has 0 aromatic rings. The van der Waals surface area contributed by atoms with Crippen LogP contribution in [0.5, 0.6) is 0 Å². The van der Waals surface area contributed by atoms with Gasteiger partial charge in [0.25, 0.3) is 0 Å². The third-order valence-corrected chi connectivity index (χ3v) is 3.02. The summed E-state index contributed by atoms with van der Waals surface area (Å²) >= 11 is 0. The summed E-state index contributed by atoms with van der Waals surface area (Å²) < 4.78 is 0. The standard InChI is InChI=1S/C11H21N/c1-9(2)5-8-12-10(3)11(4)6-7-11/h5,10,12H,6-8H2,1-4H3. The molecule has 0 heterocycles. The van der Waals surface area contributed by atoms with Crippen LogP contribution in [0.25, 0.3) is 0 Å². The molecule has 12 heavy (non-hydrogen) atoms. The molecule has 1 saturated carbocycles. The summed E-state index contributed by atoms with van der Waals surface area (Å²) in [6.07, 6.45) is 5.05. The Hall–Kier alpha value is -0.300. The van der Waals surface area contributed by atoms with Gasteiger partial charge in [0, 0.05) is 12.6 Å². The van der Waals surface area contributed by atoms with Crippen LogP contribution in [0.4, 0.5) is 0 Å². The van der Waals surface area contributed by atoms with Crippen molar-refractivity contribution in [3.05, 3.63) is 11.6 Å². The maximum Gasteiger partial charge on any atom is 0.0140 e. The minimum absolute atomic E-state index is 0.607. The molecule has 1 aliphatic carbocycles. The maximum absolute atomic E-state index is 3.54. The minimum atomic E-state index is 0.607. The second-order valence-corrected chi connectivity index (χ2v) is 4.57. The lowest BCUT2D eigenvalue weighted by atomic mass is 10.0. The molecular weight excluding hydrogens is 146 g/mol. The molecule has 1 rings (SSSR count). The lowest BCUT2D eigenvalue weighted by molar-refractivity contribution is 0.395. The van der Waals surface area contributed by atoms with Crippen molar-refractivity contribution >= 4 is 0 Å². The van der Waals surface area contributed by atoms with Gasteiger partial charge in [0.1, 0.15) is 0 Å². The van der Waals surface area contributed by atoms with E-state index in [0.29, 0.717) is 11.5 Å². The minimum Gasteiger partial charge on any atom is -0.310 e. The van der Waals surface area contributed by atoms with Crippen molar-refractivity contribution in [1.29, 1.82) is 0 Å². The van der Waals surface area contributed by atoms with E-state index in [1.165, 1.54) is 18.4 Å². The van der Waals surface area contributed by atoms with Gasteiger partial charge >= 0.3 is 0 Å². The zero-order valence-electron chi connectivity index (χ0n) is 8.78. The molecule has 0 bridgehead atoms. The Bertz CT molecular complexity index is 173. The molecule has 70 valence electrons. The zero-order valence-corrected chi connectivity index (χ0v) is 8.78. The summed E-state index contributed by atoms with van der Waals surface area (Å²) in [7, 11) is 0. The molecule has 1 unspecified atom stereocenters. The molecule has 1 aliphatic rings. The zero-order chi connectivity index (χ0) is 9.19. The molecule has 1 nitrogen and oxygen atoms in total. The highest BCUT2D eigenvalue weighted by Gasteiger charge is 2.41. The number of hydrogen-bond acceptors (Lipinski definition) is 1. The molecule has 1 atom stereocenters. The van der Waals surface area contributed by atoms with Crippen LogP contribution in [0.3, 0.4) is 0 Å². The second kappa shape index (κ2) is 3.61. The van der Waals surface area contributed by atoms with Gasteiger partial charge in [-0.3, -0.25) is 0 Å². The molecule has 1 N–H and O–H groups in total. The van der Waals surface area contributed by atoms with E-state index in [4.69, 9.17) is 0 Å². The SMILES string of the molecule is CC(C)=CCNC(C)C1(C)CC1. The summed E-state index contributed by atoms with van der Waals surface area (Å²) in [5, 5.41) is 3.54. The first-order valence-corrected chi connectivity index (χ1v) is 4.91. The fourth-order valence-electron chi connectivity index (χ4n) is 1.32. The van der Waals surface area contributed by atoms with Crippen LogP contribution < -0.4 is 5.32 Å². The fourth-order valence-corrected chi connectivity index (χ4v) is 1.32. The highest BCUT2D eigenvalue weighted by atomic mass is 14.9. The lowest BCUT2D eigenvalue weighted by Crippen LogP contribution is -2.33. The van der Waals surface area contributed by atoms with Gasteiger partial charge in [-0.15, -0.1) is 0 Å². The van der Waals surface area contributed by atoms with Gasteiger partial charge in [-0.2, -0.15) is 0 Å².